The van der Waals surface area contributed by atoms with Gasteiger partial charge in [-0.3, -0.25) is 4.79 Å². The van der Waals surface area contributed by atoms with Crippen LogP contribution in [0.25, 0.3) is 5.57 Å². The van der Waals surface area contributed by atoms with Crippen LogP contribution in [0.1, 0.15) is 15.9 Å². The van der Waals surface area contributed by atoms with Gasteiger partial charge in [0.1, 0.15) is 5.03 Å². The monoisotopic (exact) mass is 264 g/mol. The Labute approximate surface area is 107 Å². The quantitative estimate of drug-likeness (QED) is 0.677. The first-order valence-corrected chi connectivity index (χ1v) is 5.55. The van der Waals surface area contributed by atoms with Crippen molar-refractivity contribution in [2.75, 3.05) is 0 Å². The van der Waals surface area contributed by atoms with E-state index >= 15 is 0 Å². The Bertz CT molecular complexity index is 647. The zero-order chi connectivity index (χ0) is 12.9. The number of rotatable bonds is 0. The van der Waals surface area contributed by atoms with Gasteiger partial charge in [-0.15, -0.1) is 0 Å². The van der Waals surface area contributed by atoms with Crippen molar-refractivity contribution in [3.05, 3.63) is 52.6 Å². The molecule has 1 unspecified atom stereocenters. The normalized spacial score (nSPS) is 25.7. The van der Waals surface area contributed by atoms with E-state index in [1.165, 1.54) is 6.07 Å². The van der Waals surface area contributed by atoms with Crippen LogP contribution in [0.4, 0.5) is 4.39 Å². The average molecular weight is 265 g/mol. The molecule has 3 rings (SSSR count). The minimum Gasteiger partial charge on any atom is -0.415 e. The van der Waals surface area contributed by atoms with Gasteiger partial charge in [-0.1, -0.05) is 29.8 Å². The molecule has 0 bridgehead atoms. The summed E-state index contributed by atoms with van der Waals surface area (Å²) in [5.74, 6) is -3.79. The fourth-order valence-electron chi connectivity index (χ4n) is 2.06. The maximum Gasteiger partial charge on any atom is 0.342 e. The number of benzene rings is 1. The van der Waals surface area contributed by atoms with Gasteiger partial charge >= 0.3 is 11.8 Å². The molecule has 0 saturated heterocycles. The van der Waals surface area contributed by atoms with E-state index in [4.69, 9.17) is 16.3 Å². The molecule has 0 spiro atoms. The van der Waals surface area contributed by atoms with E-state index in [-0.39, 0.29) is 11.1 Å². The van der Waals surface area contributed by atoms with Crippen molar-refractivity contribution in [2.24, 2.45) is 0 Å². The van der Waals surface area contributed by atoms with E-state index in [0.29, 0.717) is 5.56 Å². The van der Waals surface area contributed by atoms with Gasteiger partial charge in [-0.05, 0) is 17.7 Å². The molecule has 1 aromatic rings. The molecule has 1 aliphatic heterocycles. The molecule has 1 aliphatic carbocycles. The molecule has 1 atom stereocenters. The van der Waals surface area contributed by atoms with E-state index in [1.807, 2.05) is 0 Å². The maximum atomic E-state index is 14.6. The van der Waals surface area contributed by atoms with E-state index < -0.39 is 22.6 Å². The molecule has 3 nitrogen and oxygen atoms in total. The van der Waals surface area contributed by atoms with Crippen molar-refractivity contribution < 1.29 is 18.7 Å². The molecule has 0 amide bonds. The Hall–Kier alpha value is -1.94. The van der Waals surface area contributed by atoms with Gasteiger partial charge < -0.3 is 4.74 Å². The summed E-state index contributed by atoms with van der Waals surface area (Å²) in [6, 6.07) is 6.34. The van der Waals surface area contributed by atoms with Crippen LogP contribution in [0.15, 0.2) is 41.4 Å². The highest BCUT2D eigenvalue weighted by atomic mass is 35.5. The number of allylic oxidation sites excluding steroid dienone is 2. The first kappa shape index (κ1) is 11.2. The summed E-state index contributed by atoms with van der Waals surface area (Å²) >= 11 is 5.71. The van der Waals surface area contributed by atoms with Crippen LogP contribution in [0.3, 0.4) is 0 Å². The van der Waals surface area contributed by atoms with Gasteiger partial charge in [-0.25, -0.2) is 4.79 Å². The predicted octanol–water partition coefficient (Wildman–Crippen LogP) is 2.61. The smallest absolute Gasteiger partial charge is 0.342 e. The third-order valence-corrected chi connectivity index (χ3v) is 3.23. The Kier molecular flexibility index (Phi) is 2.19. The Morgan fingerprint density at radius 1 is 1.11 bits per heavy atom. The predicted molar refractivity (Wildman–Crippen MR) is 62.6 cm³/mol. The third kappa shape index (κ3) is 1.36. The molecule has 1 heterocycles. The highest BCUT2D eigenvalue weighted by Gasteiger charge is 2.49. The summed E-state index contributed by atoms with van der Waals surface area (Å²) in [6.07, 6.45) is 2.00. The molecule has 0 aromatic heterocycles. The van der Waals surface area contributed by atoms with Crippen molar-refractivity contribution in [2.45, 2.75) is 5.85 Å². The topological polar surface area (TPSA) is 43.4 Å². The number of hydrogen-bond acceptors (Lipinski definition) is 3. The van der Waals surface area contributed by atoms with Crippen molar-refractivity contribution in [1.29, 1.82) is 0 Å². The number of ketones is 1. The second kappa shape index (κ2) is 3.53. The molecule has 5 heteroatoms. The number of fused-ring (bicyclic) bond motifs is 3. The Morgan fingerprint density at radius 3 is 2.50 bits per heavy atom. The number of halogens is 2. The first-order chi connectivity index (χ1) is 8.52. The standard InChI is InChI=1S/C13H6ClFO3/c14-11-6-7(16)5-10-8-3-1-2-4-9(8)12(17)18-13(10,11)15/h1-6H. The van der Waals surface area contributed by atoms with Gasteiger partial charge in [0, 0.05) is 11.6 Å². The SMILES string of the molecule is O=C1C=C(Cl)C2(F)OC(=O)c3ccccc3C2=C1. The lowest BCUT2D eigenvalue weighted by atomic mass is 9.87. The maximum absolute atomic E-state index is 14.6. The molecule has 90 valence electrons. The fraction of sp³-hybridized carbons (Fsp3) is 0.0769. The van der Waals surface area contributed by atoms with Crippen molar-refractivity contribution in [3.63, 3.8) is 0 Å². The number of carbonyl (C=O) groups excluding carboxylic acids is 2. The summed E-state index contributed by atoms with van der Waals surface area (Å²) in [6.45, 7) is 0. The lowest BCUT2D eigenvalue weighted by molar-refractivity contribution is -0.111. The van der Waals surface area contributed by atoms with Crippen LogP contribution in [-0.2, 0) is 9.53 Å². The second-order valence-electron chi connectivity index (χ2n) is 3.98. The molecule has 0 radical (unpaired) electrons. The Balaban J connectivity index is 2.30. The first-order valence-electron chi connectivity index (χ1n) is 5.18. The lowest BCUT2D eigenvalue weighted by Gasteiger charge is -2.34. The largest absolute Gasteiger partial charge is 0.415 e. The van der Waals surface area contributed by atoms with Crippen LogP contribution < -0.4 is 0 Å². The molecule has 0 N–H and O–H groups in total. The number of carbonyl (C=O) groups is 2. The van der Waals surface area contributed by atoms with Gasteiger partial charge in [-0.2, -0.15) is 4.39 Å². The van der Waals surface area contributed by atoms with Crippen LogP contribution >= 0.6 is 11.6 Å². The van der Waals surface area contributed by atoms with Gasteiger partial charge in [0.15, 0.2) is 5.78 Å². The number of ether oxygens (including phenoxy) is 1. The van der Waals surface area contributed by atoms with E-state index in [1.54, 1.807) is 18.2 Å². The number of alkyl halides is 1. The second-order valence-corrected chi connectivity index (χ2v) is 4.39. The molecular formula is C13H6ClFO3. The number of esters is 1. The molecule has 2 aliphatic rings. The van der Waals surface area contributed by atoms with Crippen LogP contribution in [0.5, 0.6) is 0 Å². The van der Waals surface area contributed by atoms with E-state index in [9.17, 15) is 14.0 Å². The van der Waals surface area contributed by atoms with Gasteiger partial charge in [0.05, 0.1) is 5.56 Å². The number of hydrogen-bond donors (Lipinski definition) is 0. The minimum absolute atomic E-state index is 0.0322. The fourth-order valence-corrected chi connectivity index (χ4v) is 2.30. The Morgan fingerprint density at radius 2 is 1.78 bits per heavy atom. The van der Waals surface area contributed by atoms with Crippen molar-refractivity contribution >= 4 is 28.9 Å². The summed E-state index contributed by atoms with van der Waals surface area (Å²) in [5, 5.41) is -0.437. The molecular weight excluding hydrogens is 259 g/mol. The average Bonchev–Trinajstić information content (AvgIpc) is 2.33. The van der Waals surface area contributed by atoms with Gasteiger partial charge in [0.2, 0.25) is 0 Å². The molecule has 1 aromatic carbocycles. The highest BCUT2D eigenvalue weighted by molar-refractivity contribution is 6.35. The van der Waals surface area contributed by atoms with Crippen LogP contribution in [-0.4, -0.2) is 17.6 Å². The van der Waals surface area contributed by atoms with Gasteiger partial charge in [0.25, 0.3) is 0 Å². The minimum atomic E-state index is -2.55. The van der Waals surface area contributed by atoms with E-state index in [0.717, 1.165) is 12.2 Å². The van der Waals surface area contributed by atoms with E-state index in [2.05, 4.69) is 0 Å². The molecule has 0 fully saturated rings. The zero-order valence-electron chi connectivity index (χ0n) is 8.94. The highest BCUT2D eigenvalue weighted by Crippen LogP contribution is 2.46. The third-order valence-electron chi connectivity index (χ3n) is 2.88. The summed E-state index contributed by atoms with van der Waals surface area (Å²) in [5.41, 5.74) is 0.516. The van der Waals surface area contributed by atoms with Crippen molar-refractivity contribution in [1.82, 2.24) is 0 Å². The summed E-state index contributed by atoms with van der Waals surface area (Å²) in [4.78, 5) is 23.1. The van der Waals surface area contributed by atoms with Crippen LogP contribution in [0.2, 0.25) is 0 Å². The van der Waals surface area contributed by atoms with Crippen molar-refractivity contribution in [3.8, 4) is 0 Å². The summed E-state index contributed by atoms with van der Waals surface area (Å²) in [7, 11) is 0. The summed E-state index contributed by atoms with van der Waals surface area (Å²) < 4.78 is 19.4. The molecule has 18 heavy (non-hydrogen) atoms. The molecule has 0 saturated carbocycles. The zero-order valence-corrected chi connectivity index (χ0v) is 9.70. The van der Waals surface area contributed by atoms with Crippen LogP contribution in [0, 0.1) is 0 Å². The lowest BCUT2D eigenvalue weighted by Crippen LogP contribution is -2.39.